The molecule has 1 saturated heterocycles. The van der Waals surface area contributed by atoms with Crippen LogP contribution >= 0.6 is 0 Å². The molecule has 0 saturated carbocycles. The van der Waals surface area contributed by atoms with Crippen LogP contribution in [0.15, 0.2) is 67.3 Å². The maximum absolute atomic E-state index is 12.6. The number of carbonyl (C=O) groups excluding carboxylic acids is 1. The maximum atomic E-state index is 12.6. The van der Waals surface area contributed by atoms with Crippen LogP contribution in [0.5, 0.6) is 0 Å². The number of carbonyl (C=O) groups is 1. The first-order valence-electron chi connectivity index (χ1n) is 9.19. The fourth-order valence-corrected chi connectivity index (χ4v) is 4.70. The SMILES string of the molecule is C=C[C@@H](c1ccccc1)[C@@]12CCN(C(=O)OCC)[C@@H]1Nc1ccccc12. The number of para-hydroxylation sites is 1. The lowest BCUT2D eigenvalue weighted by molar-refractivity contribution is 0.101. The van der Waals surface area contributed by atoms with E-state index in [0.29, 0.717) is 13.2 Å². The van der Waals surface area contributed by atoms with E-state index in [1.165, 1.54) is 11.1 Å². The molecular weight excluding hydrogens is 324 g/mol. The fourth-order valence-electron chi connectivity index (χ4n) is 4.70. The number of rotatable bonds is 4. The number of benzene rings is 2. The number of nitrogens with zero attached hydrogens (tertiary/aromatic N) is 1. The summed E-state index contributed by atoms with van der Waals surface area (Å²) in [5, 5.41) is 3.59. The molecular formula is C22H24N2O2. The molecule has 1 fully saturated rings. The lowest BCUT2D eigenvalue weighted by Gasteiger charge is -2.38. The summed E-state index contributed by atoms with van der Waals surface area (Å²) in [4.78, 5) is 14.4. The molecule has 2 aliphatic heterocycles. The van der Waals surface area contributed by atoms with Gasteiger partial charge in [-0.2, -0.15) is 0 Å². The Morgan fingerprint density at radius 3 is 2.77 bits per heavy atom. The summed E-state index contributed by atoms with van der Waals surface area (Å²) in [5.41, 5.74) is 3.32. The molecule has 1 amide bonds. The lowest BCUT2D eigenvalue weighted by atomic mass is 9.66. The van der Waals surface area contributed by atoms with Gasteiger partial charge in [0.05, 0.1) is 6.61 Å². The van der Waals surface area contributed by atoms with Gasteiger partial charge < -0.3 is 10.1 Å². The molecule has 0 unspecified atom stereocenters. The summed E-state index contributed by atoms with van der Waals surface area (Å²) < 4.78 is 5.32. The minimum atomic E-state index is -0.254. The number of amides is 1. The van der Waals surface area contributed by atoms with Gasteiger partial charge in [0.2, 0.25) is 0 Å². The van der Waals surface area contributed by atoms with Gasteiger partial charge in [-0.15, -0.1) is 6.58 Å². The number of allylic oxidation sites excluding steroid dienone is 1. The van der Waals surface area contributed by atoms with Crippen molar-refractivity contribution < 1.29 is 9.53 Å². The average Bonchev–Trinajstić information content (AvgIpc) is 3.18. The van der Waals surface area contributed by atoms with Crippen molar-refractivity contribution in [3.63, 3.8) is 0 Å². The van der Waals surface area contributed by atoms with Crippen LogP contribution in [-0.2, 0) is 10.2 Å². The third kappa shape index (κ3) is 2.32. The molecule has 4 rings (SSSR count). The van der Waals surface area contributed by atoms with E-state index in [1.54, 1.807) is 0 Å². The van der Waals surface area contributed by atoms with Gasteiger partial charge in [-0.25, -0.2) is 4.79 Å². The Morgan fingerprint density at radius 2 is 2.04 bits per heavy atom. The highest BCUT2D eigenvalue weighted by atomic mass is 16.6. The summed E-state index contributed by atoms with van der Waals surface area (Å²) >= 11 is 0. The van der Waals surface area contributed by atoms with Crippen LogP contribution in [0.2, 0.25) is 0 Å². The third-order valence-electron chi connectivity index (χ3n) is 5.74. The second-order valence-electron chi connectivity index (χ2n) is 6.90. The number of likely N-dealkylation sites (tertiary alicyclic amines) is 1. The zero-order valence-corrected chi connectivity index (χ0v) is 15.0. The highest BCUT2D eigenvalue weighted by molar-refractivity contribution is 5.74. The Hall–Kier alpha value is -2.75. The van der Waals surface area contributed by atoms with Gasteiger partial charge in [0.1, 0.15) is 6.17 Å². The Morgan fingerprint density at radius 1 is 1.31 bits per heavy atom. The Labute approximate surface area is 154 Å². The molecule has 0 aliphatic carbocycles. The minimum Gasteiger partial charge on any atom is -0.450 e. The Balaban J connectivity index is 1.84. The molecule has 4 nitrogen and oxygen atoms in total. The van der Waals surface area contributed by atoms with Crippen LogP contribution in [0.4, 0.5) is 10.5 Å². The van der Waals surface area contributed by atoms with Crippen LogP contribution in [0.25, 0.3) is 0 Å². The minimum absolute atomic E-state index is 0.101. The van der Waals surface area contributed by atoms with E-state index in [4.69, 9.17) is 4.74 Å². The van der Waals surface area contributed by atoms with Gasteiger partial charge in [0, 0.05) is 23.6 Å². The fraction of sp³-hybridized carbons (Fsp3) is 0.318. The predicted octanol–water partition coefficient (Wildman–Crippen LogP) is 4.51. The first-order valence-corrected chi connectivity index (χ1v) is 9.19. The number of hydrogen-bond acceptors (Lipinski definition) is 3. The van der Waals surface area contributed by atoms with Gasteiger partial charge in [-0.3, -0.25) is 4.90 Å². The van der Waals surface area contributed by atoms with Gasteiger partial charge in [-0.05, 0) is 30.5 Å². The molecule has 2 aromatic rings. The molecule has 2 aromatic carbocycles. The molecule has 0 aromatic heterocycles. The van der Waals surface area contributed by atoms with Crippen molar-refractivity contribution >= 4 is 11.8 Å². The molecule has 4 heteroatoms. The smallest absolute Gasteiger partial charge is 0.411 e. The molecule has 134 valence electrons. The molecule has 3 atom stereocenters. The van der Waals surface area contributed by atoms with Crippen molar-refractivity contribution in [2.75, 3.05) is 18.5 Å². The molecule has 0 bridgehead atoms. The van der Waals surface area contributed by atoms with E-state index in [-0.39, 0.29) is 23.6 Å². The summed E-state index contributed by atoms with van der Waals surface area (Å²) in [7, 11) is 0. The van der Waals surface area contributed by atoms with Crippen LogP contribution in [0.3, 0.4) is 0 Å². The van der Waals surface area contributed by atoms with Crippen LogP contribution in [0.1, 0.15) is 30.4 Å². The lowest BCUT2D eigenvalue weighted by Crippen LogP contribution is -2.48. The molecule has 2 aliphatic rings. The first-order chi connectivity index (χ1) is 12.7. The zero-order valence-electron chi connectivity index (χ0n) is 15.0. The molecule has 26 heavy (non-hydrogen) atoms. The zero-order chi connectivity index (χ0) is 18.1. The average molecular weight is 348 g/mol. The number of ether oxygens (including phenoxy) is 1. The molecule has 0 spiro atoms. The quantitative estimate of drug-likeness (QED) is 0.827. The standard InChI is InChI=1S/C22H24N2O2/c1-3-17(16-10-6-5-7-11-16)22-14-15-24(21(25)26-4-2)20(22)23-19-13-9-8-12-18(19)22/h3,5-13,17,20,23H,1,4,14-15H2,2H3/t17-,20-,22+/m0/s1. The number of nitrogens with one attached hydrogen (secondary N) is 1. The highest BCUT2D eigenvalue weighted by Gasteiger charge is 2.58. The Bertz CT molecular complexity index is 820. The van der Waals surface area contributed by atoms with Gasteiger partial charge in [0.15, 0.2) is 0 Å². The molecule has 0 radical (unpaired) electrons. The second kappa shape index (κ2) is 6.52. The number of fused-ring (bicyclic) bond motifs is 3. The summed E-state index contributed by atoms with van der Waals surface area (Å²) in [6.07, 6.45) is 2.50. The number of anilines is 1. The van der Waals surface area contributed by atoms with Gasteiger partial charge in [0.25, 0.3) is 0 Å². The monoisotopic (exact) mass is 348 g/mol. The second-order valence-corrected chi connectivity index (χ2v) is 6.90. The third-order valence-corrected chi connectivity index (χ3v) is 5.74. The van der Waals surface area contributed by atoms with Crippen LogP contribution in [-0.4, -0.2) is 30.3 Å². The summed E-state index contributed by atoms with van der Waals surface area (Å²) in [6, 6.07) is 18.8. The van der Waals surface area contributed by atoms with Crippen LogP contribution in [0, 0.1) is 0 Å². The first kappa shape index (κ1) is 16.7. The maximum Gasteiger partial charge on any atom is 0.411 e. The normalized spacial score (nSPS) is 24.3. The van der Waals surface area contributed by atoms with Crippen LogP contribution < -0.4 is 5.32 Å². The van der Waals surface area contributed by atoms with Crippen molar-refractivity contribution in [1.82, 2.24) is 4.90 Å². The molecule has 2 heterocycles. The van der Waals surface area contributed by atoms with E-state index < -0.39 is 0 Å². The largest absolute Gasteiger partial charge is 0.450 e. The van der Waals surface area contributed by atoms with Crippen molar-refractivity contribution in [3.05, 3.63) is 78.4 Å². The Kier molecular flexibility index (Phi) is 4.19. The highest BCUT2D eigenvalue weighted by Crippen LogP contribution is 2.56. The van der Waals surface area contributed by atoms with E-state index in [9.17, 15) is 4.79 Å². The van der Waals surface area contributed by atoms with E-state index in [2.05, 4.69) is 54.4 Å². The topological polar surface area (TPSA) is 41.6 Å². The summed E-state index contributed by atoms with van der Waals surface area (Å²) in [6.45, 7) is 7.04. The summed E-state index contributed by atoms with van der Waals surface area (Å²) in [5.74, 6) is 0.101. The van der Waals surface area contributed by atoms with Gasteiger partial charge in [-0.1, -0.05) is 54.6 Å². The number of hydrogen-bond donors (Lipinski definition) is 1. The van der Waals surface area contributed by atoms with Crippen molar-refractivity contribution in [3.8, 4) is 0 Å². The predicted molar refractivity (Wildman–Crippen MR) is 103 cm³/mol. The van der Waals surface area contributed by atoms with E-state index in [0.717, 1.165) is 12.1 Å². The van der Waals surface area contributed by atoms with Crippen molar-refractivity contribution in [1.29, 1.82) is 0 Å². The van der Waals surface area contributed by atoms with E-state index >= 15 is 0 Å². The van der Waals surface area contributed by atoms with E-state index in [1.807, 2.05) is 30.0 Å². The van der Waals surface area contributed by atoms with Crippen molar-refractivity contribution in [2.45, 2.75) is 30.8 Å². The molecule has 1 N–H and O–H groups in total. The van der Waals surface area contributed by atoms with Crippen molar-refractivity contribution in [2.24, 2.45) is 0 Å². The van der Waals surface area contributed by atoms with Gasteiger partial charge >= 0.3 is 6.09 Å².